The first-order valence-electron chi connectivity index (χ1n) is 9.77. The Morgan fingerprint density at radius 3 is 2.70 bits per heavy atom. The number of aldehydes is 1. The van der Waals surface area contributed by atoms with Crippen molar-refractivity contribution in [2.45, 2.75) is 54.0 Å². The van der Waals surface area contributed by atoms with Crippen molar-refractivity contribution in [2.24, 2.45) is 11.3 Å². The molecule has 2 aromatic rings. The number of rotatable bonds is 5. The molecule has 0 saturated carbocycles. The molecule has 0 bridgehead atoms. The third-order valence-corrected chi connectivity index (χ3v) is 4.95. The summed E-state index contributed by atoms with van der Waals surface area (Å²) in [6.07, 6.45) is 11.0. The van der Waals surface area contributed by atoms with E-state index >= 15 is 0 Å². The second-order valence-corrected chi connectivity index (χ2v) is 8.91. The molecule has 0 spiro atoms. The van der Waals surface area contributed by atoms with Gasteiger partial charge in [0.15, 0.2) is 0 Å². The van der Waals surface area contributed by atoms with E-state index in [0.29, 0.717) is 5.92 Å². The molecule has 3 heteroatoms. The third kappa shape index (κ3) is 4.65. The van der Waals surface area contributed by atoms with Crippen molar-refractivity contribution in [3.8, 4) is 0 Å². The van der Waals surface area contributed by atoms with Crippen LogP contribution in [0.25, 0.3) is 17.1 Å². The minimum atomic E-state index is 0.165. The average molecular weight is 363 g/mol. The van der Waals surface area contributed by atoms with Gasteiger partial charge in [-0.3, -0.25) is 4.79 Å². The second-order valence-electron chi connectivity index (χ2n) is 8.91. The van der Waals surface area contributed by atoms with E-state index in [4.69, 9.17) is 4.98 Å². The Hall–Kier alpha value is -2.42. The lowest BCUT2D eigenvalue weighted by molar-refractivity contribution is -0.104. The molecule has 27 heavy (non-hydrogen) atoms. The second kappa shape index (κ2) is 7.67. The summed E-state index contributed by atoms with van der Waals surface area (Å²) in [6.45, 7) is 12.0. The van der Waals surface area contributed by atoms with Crippen LogP contribution in [-0.2, 0) is 11.3 Å². The Kier molecular flexibility index (Phi) is 5.50. The van der Waals surface area contributed by atoms with Crippen molar-refractivity contribution < 1.29 is 4.79 Å². The molecular weight excluding hydrogens is 332 g/mol. The fourth-order valence-corrected chi connectivity index (χ4v) is 3.93. The summed E-state index contributed by atoms with van der Waals surface area (Å²) in [5.41, 5.74) is 6.01. The first-order valence-corrected chi connectivity index (χ1v) is 9.77. The molecule has 0 amide bonds. The molecule has 0 atom stereocenters. The van der Waals surface area contributed by atoms with Crippen LogP contribution >= 0.6 is 0 Å². The first-order chi connectivity index (χ1) is 12.8. The fraction of sp³-hybridized carbons (Fsp3) is 0.417. The van der Waals surface area contributed by atoms with Crippen LogP contribution < -0.4 is 0 Å². The maximum Gasteiger partial charge on any atom is 0.143 e. The van der Waals surface area contributed by atoms with Crippen LogP contribution in [-0.4, -0.2) is 15.8 Å². The zero-order valence-corrected chi connectivity index (χ0v) is 17.1. The zero-order valence-electron chi connectivity index (χ0n) is 17.1. The van der Waals surface area contributed by atoms with Gasteiger partial charge in [0.05, 0.1) is 11.0 Å². The van der Waals surface area contributed by atoms with Gasteiger partial charge in [-0.2, -0.15) is 0 Å². The highest BCUT2D eigenvalue weighted by atomic mass is 16.1. The first kappa shape index (κ1) is 19.3. The van der Waals surface area contributed by atoms with Crippen LogP contribution in [0.2, 0.25) is 0 Å². The van der Waals surface area contributed by atoms with Gasteiger partial charge in [0.2, 0.25) is 0 Å². The molecule has 0 N–H and O–H groups in total. The number of carbonyl (C=O) groups is 1. The van der Waals surface area contributed by atoms with Gasteiger partial charge in [0.1, 0.15) is 12.1 Å². The number of carbonyl (C=O) groups excluding carboxylic acids is 1. The minimum Gasteiger partial charge on any atom is -0.324 e. The van der Waals surface area contributed by atoms with Gasteiger partial charge in [-0.25, -0.2) is 4.98 Å². The number of nitrogens with zero attached hydrogens (tertiary/aromatic N) is 2. The monoisotopic (exact) mass is 362 g/mol. The van der Waals surface area contributed by atoms with Crippen molar-refractivity contribution in [1.29, 1.82) is 0 Å². The van der Waals surface area contributed by atoms with Crippen molar-refractivity contribution in [3.05, 3.63) is 59.0 Å². The number of fused-ring (bicyclic) bond motifs is 1. The summed E-state index contributed by atoms with van der Waals surface area (Å²) < 4.78 is 2.32. The Balaban J connectivity index is 2.00. The zero-order chi connectivity index (χ0) is 19.6. The molecule has 1 aromatic heterocycles. The number of hydrogen-bond acceptors (Lipinski definition) is 2. The van der Waals surface area contributed by atoms with E-state index < -0.39 is 0 Å². The normalized spacial score (nSPS) is 18.6. The van der Waals surface area contributed by atoms with E-state index in [1.54, 1.807) is 6.08 Å². The van der Waals surface area contributed by atoms with Crippen LogP contribution in [0.5, 0.6) is 0 Å². The fourth-order valence-electron chi connectivity index (χ4n) is 3.93. The van der Waals surface area contributed by atoms with Crippen molar-refractivity contribution in [3.63, 3.8) is 0 Å². The summed E-state index contributed by atoms with van der Waals surface area (Å²) in [5, 5.41) is 0. The quantitative estimate of drug-likeness (QED) is 0.491. The molecule has 0 aliphatic heterocycles. The maximum absolute atomic E-state index is 10.9. The molecule has 1 aliphatic rings. The number of imidazole rings is 1. The average Bonchev–Trinajstić information content (AvgIpc) is 2.88. The Bertz CT molecular complexity index is 939. The van der Waals surface area contributed by atoms with Crippen LogP contribution in [0.4, 0.5) is 0 Å². The van der Waals surface area contributed by atoms with Crippen LogP contribution in [0.15, 0.2) is 47.6 Å². The third-order valence-electron chi connectivity index (χ3n) is 4.95. The smallest absolute Gasteiger partial charge is 0.143 e. The topological polar surface area (TPSA) is 34.9 Å². The van der Waals surface area contributed by atoms with Crippen molar-refractivity contribution in [2.75, 3.05) is 0 Å². The largest absolute Gasteiger partial charge is 0.324 e. The lowest BCUT2D eigenvalue weighted by atomic mass is 9.75. The summed E-state index contributed by atoms with van der Waals surface area (Å²) in [6, 6.07) is 6.44. The van der Waals surface area contributed by atoms with Crippen LogP contribution in [0.1, 0.15) is 51.9 Å². The lowest BCUT2D eigenvalue weighted by Gasteiger charge is -2.30. The molecule has 0 saturated heterocycles. The van der Waals surface area contributed by atoms with Crippen LogP contribution in [0, 0.1) is 18.3 Å². The Labute approximate surface area is 162 Å². The number of benzene rings is 1. The number of aryl methyl sites for hydroxylation is 1. The SMILES string of the molecule is Cc1ccc2nc(/C=C/C3=CC(=CC=O)CC(C)(C)C3)n(CC(C)C)c2c1. The predicted octanol–water partition coefficient (Wildman–Crippen LogP) is 5.89. The molecule has 0 fully saturated rings. The minimum absolute atomic E-state index is 0.165. The number of aromatic nitrogens is 2. The van der Waals surface area contributed by atoms with E-state index in [2.05, 4.69) is 75.6 Å². The van der Waals surface area contributed by atoms with E-state index in [9.17, 15) is 4.79 Å². The van der Waals surface area contributed by atoms with Gasteiger partial charge in [0, 0.05) is 6.54 Å². The molecule has 142 valence electrons. The summed E-state index contributed by atoms with van der Waals surface area (Å²) in [5.74, 6) is 1.54. The maximum atomic E-state index is 10.9. The summed E-state index contributed by atoms with van der Waals surface area (Å²) in [4.78, 5) is 15.8. The predicted molar refractivity (Wildman–Crippen MR) is 114 cm³/mol. The Morgan fingerprint density at radius 1 is 1.22 bits per heavy atom. The van der Waals surface area contributed by atoms with Crippen LogP contribution in [0.3, 0.4) is 0 Å². The molecule has 3 rings (SSSR count). The van der Waals surface area contributed by atoms with Gasteiger partial charge in [-0.1, -0.05) is 45.9 Å². The highest BCUT2D eigenvalue weighted by Gasteiger charge is 2.24. The molecular formula is C24H30N2O. The number of hydrogen-bond donors (Lipinski definition) is 0. The van der Waals surface area contributed by atoms with Gasteiger partial charge in [-0.15, -0.1) is 0 Å². The van der Waals surface area contributed by atoms with E-state index in [1.165, 1.54) is 16.7 Å². The highest BCUT2D eigenvalue weighted by Crippen LogP contribution is 2.38. The molecule has 1 heterocycles. The van der Waals surface area contributed by atoms with Crippen molar-refractivity contribution in [1.82, 2.24) is 9.55 Å². The van der Waals surface area contributed by atoms with E-state index in [-0.39, 0.29) is 5.41 Å². The molecule has 3 nitrogen and oxygen atoms in total. The molecule has 1 aromatic carbocycles. The van der Waals surface area contributed by atoms with E-state index in [0.717, 1.165) is 42.6 Å². The highest BCUT2D eigenvalue weighted by molar-refractivity contribution is 5.79. The van der Waals surface area contributed by atoms with Gasteiger partial charge >= 0.3 is 0 Å². The van der Waals surface area contributed by atoms with Gasteiger partial charge in [-0.05, 0) is 72.1 Å². The molecule has 1 aliphatic carbocycles. The summed E-state index contributed by atoms with van der Waals surface area (Å²) >= 11 is 0. The van der Waals surface area contributed by atoms with E-state index in [1.807, 2.05) is 0 Å². The Morgan fingerprint density at radius 2 is 2.00 bits per heavy atom. The number of allylic oxidation sites excluding steroid dienone is 5. The van der Waals surface area contributed by atoms with Crippen molar-refractivity contribution >= 4 is 23.4 Å². The van der Waals surface area contributed by atoms with Gasteiger partial charge in [0.25, 0.3) is 0 Å². The summed E-state index contributed by atoms with van der Waals surface area (Å²) in [7, 11) is 0. The molecule has 0 unspecified atom stereocenters. The standard InChI is InChI=1S/C24H30N2O/c1-17(2)16-26-22-12-18(3)6-8-21(22)25-23(26)9-7-19-13-20(10-11-27)15-24(4,5)14-19/h6-13,17H,14-16H2,1-5H3/b9-7+,20-10?. The lowest BCUT2D eigenvalue weighted by Crippen LogP contribution is -2.16. The van der Waals surface area contributed by atoms with Gasteiger partial charge < -0.3 is 4.57 Å². The molecule has 0 radical (unpaired) electrons.